The molecule has 200 valence electrons. The third-order valence-corrected chi connectivity index (χ3v) is 10.1. The second-order valence-electron chi connectivity index (χ2n) is 10.7. The van der Waals surface area contributed by atoms with Gasteiger partial charge in [-0.25, -0.2) is 4.98 Å². The molecule has 10 heteroatoms. The lowest BCUT2D eigenvalue weighted by Crippen LogP contribution is -2.55. The Morgan fingerprint density at radius 1 is 1.13 bits per heavy atom. The molecule has 4 atom stereocenters. The predicted molar refractivity (Wildman–Crippen MR) is 148 cm³/mol. The van der Waals surface area contributed by atoms with Gasteiger partial charge in [-0.05, 0) is 56.0 Å². The number of benzene rings is 2. The molecule has 2 aromatic carbocycles. The molecule has 0 amide bonds. The van der Waals surface area contributed by atoms with E-state index in [9.17, 15) is 10.4 Å². The van der Waals surface area contributed by atoms with Crippen molar-refractivity contribution in [2.45, 2.75) is 49.9 Å². The molecule has 1 saturated heterocycles. The van der Waals surface area contributed by atoms with Gasteiger partial charge in [-0.2, -0.15) is 5.26 Å². The maximum absolute atomic E-state index is 12.1. The van der Waals surface area contributed by atoms with Gasteiger partial charge in [0.25, 0.3) is 0 Å². The zero-order valence-corrected chi connectivity index (χ0v) is 23.2. The van der Waals surface area contributed by atoms with Gasteiger partial charge in [-0.15, -0.1) is 11.3 Å². The summed E-state index contributed by atoms with van der Waals surface area (Å²) in [5, 5.41) is 27.5. The van der Waals surface area contributed by atoms with Crippen LogP contribution in [0.15, 0.2) is 40.9 Å². The fourth-order valence-electron chi connectivity index (χ4n) is 6.07. The van der Waals surface area contributed by atoms with E-state index < -0.39 is 5.60 Å². The predicted octanol–water partition coefficient (Wildman–Crippen LogP) is 6.84. The lowest BCUT2D eigenvalue weighted by atomic mass is 9.66. The Kier molecular flexibility index (Phi) is 6.43. The summed E-state index contributed by atoms with van der Waals surface area (Å²) in [6.07, 6.45) is 3.33. The molecule has 7 rings (SSSR count). The van der Waals surface area contributed by atoms with Crippen molar-refractivity contribution in [3.8, 4) is 17.3 Å². The zero-order valence-electron chi connectivity index (χ0n) is 20.9. The molecule has 3 heterocycles. The molecule has 2 bridgehead atoms. The first-order chi connectivity index (χ1) is 19.0. The Morgan fingerprint density at radius 2 is 1.87 bits per heavy atom. The van der Waals surface area contributed by atoms with E-state index in [0.717, 1.165) is 34.4 Å². The average molecular weight is 583 g/mol. The normalized spacial score (nSPS) is 26.6. The van der Waals surface area contributed by atoms with Gasteiger partial charge in [-0.3, -0.25) is 0 Å². The Morgan fingerprint density at radius 3 is 2.56 bits per heavy atom. The first-order valence-corrected chi connectivity index (χ1v) is 14.7. The van der Waals surface area contributed by atoms with Gasteiger partial charge in [0, 0.05) is 28.9 Å². The highest BCUT2D eigenvalue weighted by Crippen LogP contribution is 2.51. The number of halogens is 2. The van der Waals surface area contributed by atoms with E-state index in [-0.39, 0.29) is 17.9 Å². The van der Waals surface area contributed by atoms with Crippen molar-refractivity contribution in [2.24, 2.45) is 11.8 Å². The zero-order chi connectivity index (χ0) is 26.7. The number of hydrogen-bond donors (Lipinski definition) is 1. The van der Waals surface area contributed by atoms with Crippen LogP contribution in [0.5, 0.6) is 0 Å². The molecule has 4 aromatic rings. The van der Waals surface area contributed by atoms with E-state index in [0.29, 0.717) is 70.5 Å². The number of fused-ring (bicyclic) bond motifs is 3. The Bertz CT molecular complexity index is 1570. The molecule has 1 unspecified atom stereocenters. The summed E-state index contributed by atoms with van der Waals surface area (Å²) in [5.41, 5.74) is 2.48. The van der Waals surface area contributed by atoms with Gasteiger partial charge in [0.1, 0.15) is 22.1 Å². The molecule has 2 aliphatic carbocycles. The summed E-state index contributed by atoms with van der Waals surface area (Å²) in [7, 11) is 0. The van der Waals surface area contributed by atoms with Crippen molar-refractivity contribution in [3.63, 3.8) is 0 Å². The second-order valence-corrected chi connectivity index (χ2v) is 12.6. The van der Waals surface area contributed by atoms with E-state index in [2.05, 4.69) is 11.2 Å². The minimum absolute atomic E-state index is 0.0692. The average Bonchev–Trinajstić information content (AvgIpc) is 3.53. The van der Waals surface area contributed by atoms with E-state index in [4.69, 9.17) is 42.2 Å². The van der Waals surface area contributed by atoms with Crippen LogP contribution >= 0.6 is 34.5 Å². The molecule has 0 spiro atoms. The molecule has 1 aliphatic heterocycles. The Hall–Kier alpha value is -2.51. The van der Waals surface area contributed by atoms with Crippen LogP contribution in [0.4, 0.5) is 0 Å². The number of thiazole rings is 1. The quantitative estimate of drug-likeness (QED) is 0.266. The molecule has 2 saturated carbocycles. The molecular weight excluding hydrogens is 557 g/mol. The van der Waals surface area contributed by atoms with Gasteiger partial charge in [0.05, 0.1) is 57.8 Å². The second kappa shape index (κ2) is 9.84. The monoisotopic (exact) mass is 581 g/mol. The van der Waals surface area contributed by atoms with E-state index in [1.807, 2.05) is 18.2 Å². The smallest absolute Gasteiger partial charge is 0.145 e. The highest BCUT2D eigenvalue weighted by Gasteiger charge is 2.55. The third kappa shape index (κ3) is 4.37. The van der Waals surface area contributed by atoms with Crippen LogP contribution in [0.1, 0.15) is 53.5 Å². The number of ether oxygens (including phenoxy) is 2. The van der Waals surface area contributed by atoms with Crippen LogP contribution in [0.3, 0.4) is 0 Å². The molecule has 2 aromatic heterocycles. The molecule has 39 heavy (non-hydrogen) atoms. The molecule has 0 radical (unpaired) electrons. The van der Waals surface area contributed by atoms with Gasteiger partial charge in [-0.1, -0.05) is 34.4 Å². The van der Waals surface area contributed by atoms with Crippen LogP contribution < -0.4 is 0 Å². The van der Waals surface area contributed by atoms with Gasteiger partial charge in [0.15, 0.2) is 0 Å². The highest BCUT2D eigenvalue weighted by atomic mass is 35.5. The molecule has 7 nitrogen and oxygen atoms in total. The van der Waals surface area contributed by atoms with Crippen molar-refractivity contribution < 1.29 is 19.1 Å². The Labute approximate surface area is 239 Å². The lowest BCUT2D eigenvalue weighted by molar-refractivity contribution is -0.209. The fraction of sp³-hybridized carbons (Fsp3) is 0.414. The van der Waals surface area contributed by atoms with Crippen LogP contribution in [-0.2, 0) is 21.7 Å². The topological polar surface area (TPSA) is 101 Å². The first kappa shape index (κ1) is 25.5. The van der Waals surface area contributed by atoms with Crippen molar-refractivity contribution >= 4 is 44.8 Å². The Balaban J connectivity index is 1.15. The maximum Gasteiger partial charge on any atom is 0.145 e. The largest absolute Gasteiger partial charge is 0.382 e. The number of aromatic nitrogens is 2. The van der Waals surface area contributed by atoms with E-state index in [1.165, 1.54) is 11.3 Å². The summed E-state index contributed by atoms with van der Waals surface area (Å²) < 4.78 is 19.1. The minimum atomic E-state index is -1.10. The summed E-state index contributed by atoms with van der Waals surface area (Å²) in [4.78, 5) is 4.79. The molecule has 1 N–H and O–H groups in total. The summed E-state index contributed by atoms with van der Waals surface area (Å²) in [5.74, 6) is 0.877. The van der Waals surface area contributed by atoms with Gasteiger partial charge < -0.3 is 19.1 Å². The number of nitriles is 1. The van der Waals surface area contributed by atoms with Crippen molar-refractivity contribution in [2.75, 3.05) is 13.2 Å². The highest BCUT2D eigenvalue weighted by molar-refractivity contribution is 7.18. The minimum Gasteiger partial charge on any atom is -0.382 e. The summed E-state index contributed by atoms with van der Waals surface area (Å²) >= 11 is 14.5. The molecular formula is C29H25Cl2N3O4S. The van der Waals surface area contributed by atoms with Gasteiger partial charge >= 0.3 is 0 Å². The lowest BCUT2D eigenvalue weighted by Gasteiger charge is -2.50. The van der Waals surface area contributed by atoms with Crippen molar-refractivity contribution in [1.82, 2.24) is 10.1 Å². The summed E-state index contributed by atoms with van der Waals surface area (Å²) in [6, 6.07) is 13.0. The van der Waals surface area contributed by atoms with Crippen LogP contribution in [0, 0.1) is 23.2 Å². The third-order valence-electron chi connectivity index (χ3n) is 8.27. The maximum atomic E-state index is 12.1. The number of aliphatic hydroxyl groups is 1. The van der Waals surface area contributed by atoms with Crippen molar-refractivity contribution in [1.29, 1.82) is 5.26 Å². The summed E-state index contributed by atoms with van der Waals surface area (Å²) in [6.45, 7) is 1.20. The van der Waals surface area contributed by atoms with Crippen molar-refractivity contribution in [3.05, 3.63) is 68.3 Å². The van der Waals surface area contributed by atoms with Gasteiger partial charge in [0.2, 0.25) is 0 Å². The van der Waals surface area contributed by atoms with Crippen LogP contribution in [0.25, 0.3) is 21.5 Å². The number of rotatable bonds is 6. The number of hydrogen-bond acceptors (Lipinski definition) is 8. The van der Waals surface area contributed by atoms with Crippen LogP contribution in [-0.4, -0.2) is 34.6 Å². The fourth-order valence-corrected chi connectivity index (χ4v) is 7.90. The number of nitrogens with zero attached hydrogens (tertiary/aromatic N) is 3. The van der Waals surface area contributed by atoms with Crippen LogP contribution in [0.2, 0.25) is 10.0 Å². The standard InChI is InChI=1S/C29H25Cl2N3O4S/c30-21-2-1-3-22(31)25(21)26-20(27(38-34-26)16-5-6-16)14-37-19-9-17-12-36-13-18(10-19)29(17,35)28-33-23-7-4-15(11-32)8-24(23)39-28/h1-4,7-8,16-19,35H,5-6,9-10,12-14H2/t17-,18+,19?,29+. The van der Waals surface area contributed by atoms with E-state index in [1.54, 1.807) is 18.2 Å². The molecule has 3 aliphatic rings. The first-order valence-electron chi connectivity index (χ1n) is 13.1. The van der Waals surface area contributed by atoms with E-state index >= 15 is 0 Å². The SMILES string of the molecule is N#Cc1ccc2nc([C@@]3(O)[C@@H]4COC[C@H]3CC(OCc3c(-c5c(Cl)cccc5Cl)noc3C3CC3)C4)sc2c1. The molecule has 3 fully saturated rings.